The van der Waals surface area contributed by atoms with Crippen LogP contribution in [0.25, 0.3) is 11.3 Å². The Morgan fingerprint density at radius 3 is 2.54 bits per heavy atom. The number of halogens is 2. The number of hydrogen-bond donors (Lipinski definition) is 2. The fourth-order valence-corrected chi connectivity index (χ4v) is 5.23. The standard InChI is InChI=1S/C21H26N4O.2ClH/c22-20-15-5-4-14(11-15)19(20)21(26)23-16-8-6-13(7-9-16)17-12-25-10-2-1-3-18(25)24-17;;/h6-9,12,14-15,19-20H,1-5,10-11,22H2,(H,23,26);2*1H. The van der Waals surface area contributed by atoms with Crippen molar-refractivity contribution in [3.8, 4) is 11.3 Å². The van der Waals surface area contributed by atoms with Crippen LogP contribution in [0.15, 0.2) is 30.5 Å². The third kappa shape index (κ3) is 3.68. The van der Waals surface area contributed by atoms with Gasteiger partial charge in [0.2, 0.25) is 5.91 Å². The lowest BCUT2D eigenvalue weighted by molar-refractivity contribution is -0.121. The van der Waals surface area contributed by atoms with E-state index in [1.165, 1.54) is 25.1 Å². The van der Waals surface area contributed by atoms with E-state index in [1.54, 1.807) is 0 Å². The van der Waals surface area contributed by atoms with Gasteiger partial charge in [-0.25, -0.2) is 4.98 Å². The molecule has 3 aliphatic rings. The molecule has 2 bridgehead atoms. The van der Waals surface area contributed by atoms with Crippen molar-refractivity contribution < 1.29 is 4.79 Å². The molecular formula is C21H28Cl2N4O. The summed E-state index contributed by atoms with van der Waals surface area (Å²) >= 11 is 0. The van der Waals surface area contributed by atoms with Crippen molar-refractivity contribution in [2.45, 2.75) is 51.1 Å². The molecule has 152 valence electrons. The lowest BCUT2D eigenvalue weighted by atomic mass is 9.84. The molecule has 1 aromatic carbocycles. The number of amides is 1. The number of carbonyl (C=O) groups is 1. The Labute approximate surface area is 178 Å². The number of imidazole rings is 1. The highest BCUT2D eigenvalue weighted by atomic mass is 35.5. The lowest BCUT2D eigenvalue weighted by Gasteiger charge is -2.27. The van der Waals surface area contributed by atoms with Crippen LogP contribution in [-0.2, 0) is 17.8 Å². The summed E-state index contributed by atoms with van der Waals surface area (Å²) < 4.78 is 2.27. The lowest BCUT2D eigenvalue weighted by Crippen LogP contribution is -2.42. The number of nitrogens with two attached hydrogens (primary N) is 1. The minimum atomic E-state index is -0.0201. The second-order valence-corrected chi connectivity index (χ2v) is 8.20. The summed E-state index contributed by atoms with van der Waals surface area (Å²) in [5, 5.41) is 3.08. The summed E-state index contributed by atoms with van der Waals surface area (Å²) in [5.41, 5.74) is 9.26. The van der Waals surface area contributed by atoms with Gasteiger partial charge in [-0.15, -0.1) is 24.8 Å². The smallest absolute Gasteiger partial charge is 0.229 e. The maximum atomic E-state index is 12.7. The second kappa shape index (κ2) is 8.44. The van der Waals surface area contributed by atoms with Crippen molar-refractivity contribution in [3.05, 3.63) is 36.3 Å². The Morgan fingerprint density at radius 1 is 1.11 bits per heavy atom. The van der Waals surface area contributed by atoms with E-state index >= 15 is 0 Å². The molecule has 2 fully saturated rings. The summed E-state index contributed by atoms with van der Waals surface area (Å²) in [5.74, 6) is 2.29. The van der Waals surface area contributed by atoms with E-state index in [0.29, 0.717) is 11.8 Å². The molecule has 4 atom stereocenters. The molecule has 2 saturated carbocycles. The fourth-order valence-electron chi connectivity index (χ4n) is 5.23. The van der Waals surface area contributed by atoms with Crippen LogP contribution < -0.4 is 11.1 Å². The molecule has 28 heavy (non-hydrogen) atoms. The predicted octanol–water partition coefficient (Wildman–Crippen LogP) is 4.04. The van der Waals surface area contributed by atoms with E-state index in [-0.39, 0.29) is 42.7 Å². The minimum absolute atomic E-state index is 0. The number of aryl methyl sites for hydroxylation is 2. The third-order valence-corrected chi connectivity index (χ3v) is 6.64. The Balaban J connectivity index is 0.00000112. The van der Waals surface area contributed by atoms with Gasteiger partial charge in [0.1, 0.15) is 5.82 Å². The summed E-state index contributed by atoms with van der Waals surface area (Å²) in [6.45, 7) is 1.07. The molecule has 7 heteroatoms. The third-order valence-electron chi connectivity index (χ3n) is 6.64. The zero-order valence-corrected chi connectivity index (χ0v) is 17.5. The number of aromatic nitrogens is 2. The molecule has 4 unspecified atom stereocenters. The van der Waals surface area contributed by atoms with Crippen LogP contribution in [0.5, 0.6) is 0 Å². The van der Waals surface area contributed by atoms with Gasteiger partial charge in [-0.3, -0.25) is 4.79 Å². The van der Waals surface area contributed by atoms with Crippen molar-refractivity contribution in [2.24, 2.45) is 23.5 Å². The van der Waals surface area contributed by atoms with Crippen LogP contribution in [0.3, 0.4) is 0 Å². The highest BCUT2D eigenvalue weighted by Crippen LogP contribution is 2.47. The molecule has 5 nitrogen and oxygen atoms in total. The number of anilines is 1. The van der Waals surface area contributed by atoms with Crippen LogP contribution in [0.1, 0.15) is 37.9 Å². The fraction of sp³-hybridized carbons (Fsp3) is 0.524. The van der Waals surface area contributed by atoms with Crippen molar-refractivity contribution in [2.75, 3.05) is 5.32 Å². The average molecular weight is 423 g/mol. The van der Waals surface area contributed by atoms with Gasteiger partial charge >= 0.3 is 0 Å². The largest absolute Gasteiger partial charge is 0.334 e. The van der Waals surface area contributed by atoms with Crippen LogP contribution in [0.2, 0.25) is 0 Å². The molecule has 2 aliphatic carbocycles. The molecule has 2 heterocycles. The number of benzene rings is 1. The van der Waals surface area contributed by atoms with Crippen molar-refractivity contribution >= 4 is 36.4 Å². The quantitative estimate of drug-likeness (QED) is 0.783. The molecule has 0 radical (unpaired) electrons. The van der Waals surface area contributed by atoms with Gasteiger partial charge in [-0.1, -0.05) is 12.1 Å². The van der Waals surface area contributed by atoms with E-state index in [0.717, 1.165) is 42.8 Å². The van der Waals surface area contributed by atoms with Gasteiger partial charge in [-0.2, -0.15) is 0 Å². The highest BCUT2D eigenvalue weighted by Gasteiger charge is 2.49. The Hall–Kier alpha value is -1.56. The van der Waals surface area contributed by atoms with Gasteiger partial charge in [0.15, 0.2) is 0 Å². The molecule has 5 rings (SSSR count). The van der Waals surface area contributed by atoms with E-state index in [4.69, 9.17) is 10.7 Å². The van der Waals surface area contributed by atoms with Gasteiger partial charge in [0, 0.05) is 36.5 Å². The zero-order valence-electron chi connectivity index (χ0n) is 15.8. The molecular weight excluding hydrogens is 395 g/mol. The van der Waals surface area contributed by atoms with Crippen LogP contribution >= 0.6 is 24.8 Å². The molecule has 3 N–H and O–H groups in total. The van der Waals surface area contributed by atoms with Crippen molar-refractivity contribution in [3.63, 3.8) is 0 Å². The topological polar surface area (TPSA) is 72.9 Å². The summed E-state index contributed by atoms with van der Waals surface area (Å²) in [4.78, 5) is 17.5. The van der Waals surface area contributed by atoms with Gasteiger partial charge in [0.25, 0.3) is 0 Å². The maximum absolute atomic E-state index is 12.7. The second-order valence-electron chi connectivity index (χ2n) is 8.20. The molecule has 1 amide bonds. The normalized spacial score (nSPS) is 27.5. The van der Waals surface area contributed by atoms with E-state index < -0.39 is 0 Å². The van der Waals surface area contributed by atoms with Gasteiger partial charge < -0.3 is 15.6 Å². The number of rotatable bonds is 3. The molecule has 0 saturated heterocycles. The number of nitrogens with one attached hydrogen (secondary N) is 1. The first-order valence-electron chi connectivity index (χ1n) is 9.92. The summed E-state index contributed by atoms with van der Waals surface area (Å²) in [6, 6.07) is 8.08. The Kier molecular flexibility index (Phi) is 6.37. The SMILES string of the molecule is Cl.Cl.NC1C2CCC(C2)C1C(=O)Nc1ccc(-c2cn3c(n2)CCCC3)cc1. The maximum Gasteiger partial charge on any atom is 0.229 e. The first-order chi connectivity index (χ1) is 12.7. The van der Waals surface area contributed by atoms with E-state index in [9.17, 15) is 4.79 Å². The number of hydrogen-bond acceptors (Lipinski definition) is 3. The number of fused-ring (bicyclic) bond motifs is 3. The average Bonchev–Trinajstić information content (AvgIpc) is 3.36. The molecule has 1 aliphatic heterocycles. The highest BCUT2D eigenvalue weighted by molar-refractivity contribution is 5.93. The van der Waals surface area contributed by atoms with Crippen LogP contribution in [0.4, 0.5) is 5.69 Å². The van der Waals surface area contributed by atoms with E-state index in [1.807, 2.05) is 24.3 Å². The predicted molar refractivity (Wildman–Crippen MR) is 116 cm³/mol. The number of carbonyl (C=O) groups excluding carboxylic acids is 1. The molecule has 0 spiro atoms. The Bertz CT molecular complexity index is 810. The minimum Gasteiger partial charge on any atom is -0.334 e. The summed E-state index contributed by atoms with van der Waals surface area (Å²) in [7, 11) is 0. The zero-order chi connectivity index (χ0) is 17.7. The first-order valence-corrected chi connectivity index (χ1v) is 9.92. The van der Waals surface area contributed by atoms with Crippen LogP contribution in [0, 0.1) is 17.8 Å². The van der Waals surface area contributed by atoms with E-state index in [2.05, 4.69) is 16.1 Å². The first kappa shape index (κ1) is 21.2. The molecule has 2 aromatic rings. The number of nitrogens with zero attached hydrogens (tertiary/aromatic N) is 2. The molecule has 1 aromatic heterocycles. The summed E-state index contributed by atoms with van der Waals surface area (Å²) in [6.07, 6.45) is 9.16. The van der Waals surface area contributed by atoms with Crippen molar-refractivity contribution in [1.82, 2.24) is 9.55 Å². The van der Waals surface area contributed by atoms with Crippen LogP contribution in [-0.4, -0.2) is 21.5 Å². The Morgan fingerprint density at radius 2 is 1.86 bits per heavy atom. The van der Waals surface area contributed by atoms with Crippen molar-refractivity contribution in [1.29, 1.82) is 0 Å². The monoisotopic (exact) mass is 422 g/mol. The van der Waals surface area contributed by atoms with Gasteiger partial charge in [0.05, 0.1) is 11.6 Å². The van der Waals surface area contributed by atoms with Gasteiger partial charge in [-0.05, 0) is 56.1 Å².